The van der Waals surface area contributed by atoms with Gasteiger partial charge < -0.3 is 10.6 Å². The van der Waals surface area contributed by atoms with Crippen molar-refractivity contribution in [3.05, 3.63) is 0 Å². The molecule has 1 unspecified atom stereocenters. The molecular weight excluding hydrogens is 224 g/mol. The molecule has 0 spiro atoms. The zero-order valence-corrected chi connectivity index (χ0v) is 12.7. The molecule has 0 aromatic heterocycles. The van der Waals surface area contributed by atoms with Gasteiger partial charge in [-0.05, 0) is 43.4 Å². The number of hydrogen-bond donors (Lipinski definition) is 2. The predicted octanol–water partition coefficient (Wildman–Crippen LogP) is 2.71. The first-order chi connectivity index (χ1) is 8.34. The van der Waals surface area contributed by atoms with Gasteiger partial charge in [-0.1, -0.05) is 27.7 Å². The third-order valence-corrected chi connectivity index (χ3v) is 4.05. The lowest BCUT2D eigenvalue weighted by Gasteiger charge is -2.36. The first-order valence-corrected chi connectivity index (χ1v) is 7.31. The van der Waals surface area contributed by atoms with Crippen LogP contribution in [0.4, 0.5) is 0 Å². The van der Waals surface area contributed by atoms with Crippen molar-refractivity contribution in [1.82, 2.24) is 10.6 Å². The molecular formula is C15H30N2O. The summed E-state index contributed by atoms with van der Waals surface area (Å²) in [6.07, 6.45) is 5.82. The SMILES string of the molecule is CNC(=O)C(CC(C)C)NC1CCC(C)(C)CC1. The summed E-state index contributed by atoms with van der Waals surface area (Å²) in [5.41, 5.74) is 0.485. The average Bonchev–Trinajstić information content (AvgIpc) is 2.29. The van der Waals surface area contributed by atoms with Gasteiger partial charge in [0.05, 0.1) is 6.04 Å². The van der Waals surface area contributed by atoms with E-state index in [9.17, 15) is 4.79 Å². The molecule has 0 aromatic carbocycles. The van der Waals surface area contributed by atoms with Gasteiger partial charge >= 0.3 is 0 Å². The Labute approximate surface area is 112 Å². The second kappa shape index (κ2) is 6.55. The average molecular weight is 254 g/mol. The van der Waals surface area contributed by atoms with Crippen molar-refractivity contribution in [1.29, 1.82) is 0 Å². The maximum Gasteiger partial charge on any atom is 0.236 e. The fraction of sp³-hybridized carbons (Fsp3) is 0.933. The lowest BCUT2D eigenvalue weighted by molar-refractivity contribution is -0.123. The van der Waals surface area contributed by atoms with Crippen molar-refractivity contribution in [2.45, 2.75) is 71.9 Å². The molecule has 1 saturated carbocycles. The highest BCUT2D eigenvalue weighted by atomic mass is 16.2. The third kappa shape index (κ3) is 4.97. The van der Waals surface area contributed by atoms with Gasteiger partial charge in [0.2, 0.25) is 5.91 Å². The number of amides is 1. The molecule has 0 radical (unpaired) electrons. The smallest absolute Gasteiger partial charge is 0.236 e. The molecule has 18 heavy (non-hydrogen) atoms. The molecule has 0 heterocycles. The summed E-state index contributed by atoms with van der Waals surface area (Å²) < 4.78 is 0. The molecule has 3 nitrogen and oxygen atoms in total. The first-order valence-electron chi connectivity index (χ1n) is 7.31. The van der Waals surface area contributed by atoms with Crippen molar-refractivity contribution in [2.24, 2.45) is 11.3 Å². The van der Waals surface area contributed by atoms with Crippen LogP contribution in [0.15, 0.2) is 0 Å². The molecule has 106 valence electrons. The fourth-order valence-electron chi connectivity index (χ4n) is 2.75. The van der Waals surface area contributed by atoms with Crippen LogP contribution in [-0.4, -0.2) is 25.0 Å². The second-order valence-electron chi connectivity index (χ2n) is 6.90. The Balaban J connectivity index is 2.48. The topological polar surface area (TPSA) is 41.1 Å². The van der Waals surface area contributed by atoms with Crippen molar-refractivity contribution >= 4 is 5.91 Å². The quantitative estimate of drug-likeness (QED) is 0.792. The van der Waals surface area contributed by atoms with Crippen LogP contribution in [0.1, 0.15) is 59.8 Å². The Bertz CT molecular complexity index is 264. The Morgan fingerprint density at radius 2 is 1.83 bits per heavy atom. The standard InChI is InChI=1S/C15H30N2O/c1-11(2)10-13(14(18)16-5)17-12-6-8-15(3,4)9-7-12/h11-13,17H,6-10H2,1-5H3,(H,16,18). The zero-order chi connectivity index (χ0) is 13.8. The van der Waals surface area contributed by atoms with Gasteiger partial charge in [-0.2, -0.15) is 0 Å². The summed E-state index contributed by atoms with van der Waals surface area (Å²) in [5.74, 6) is 0.674. The number of nitrogens with one attached hydrogen (secondary N) is 2. The minimum atomic E-state index is -0.0267. The highest BCUT2D eigenvalue weighted by Gasteiger charge is 2.29. The highest BCUT2D eigenvalue weighted by Crippen LogP contribution is 2.35. The van der Waals surface area contributed by atoms with Gasteiger partial charge in [0.15, 0.2) is 0 Å². The van der Waals surface area contributed by atoms with Gasteiger partial charge in [0, 0.05) is 13.1 Å². The molecule has 3 heteroatoms. The van der Waals surface area contributed by atoms with Crippen molar-refractivity contribution in [3.8, 4) is 0 Å². The van der Waals surface area contributed by atoms with E-state index in [2.05, 4.69) is 38.3 Å². The summed E-state index contributed by atoms with van der Waals surface area (Å²) in [6, 6.07) is 0.486. The molecule has 1 aliphatic carbocycles. The van der Waals surface area contributed by atoms with E-state index in [0.29, 0.717) is 17.4 Å². The van der Waals surface area contributed by atoms with E-state index in [1.807, 2.05) is 0 Å². The molecule has 1 rings (SSSR count). The van der Waals surface area contributed by atoms with E-state index >= 15 is 0 Å². The van der Waals surface area contributed by atoms with Crippen molar-refractivity contribution < 1.29 is 4.79 Å². The minimum Gasteiger partial charge on any atom is -0.358 e. The Hall–Kier alpha value is -0.570. The maximum atomic E-state index is 11.9. The summed E-state index contributed by atoms with van der Waals surface area (Å²) in [7, 11) is 1.72. The van der Waals surface area contributed by atoms with Crippen LogP contribution in [0.2, 0.25) is 0 Å². The van der Waals surface area contributed by atoms with Crippen LogP contribution in [0, 0.1) is 11.3 Å². The van der Waals surface area contributed by atoms with Gasteiger partial charge in [0.25, 0.3) is 0 Å². The molecule has 1 fully saturated rings. The lowest BCUT2D eigenvalue weighted by Crippen LogP contribution is -2.49. The number of carbonyl (C=O) groups excluding carboxylic acids is 1. The van der Waals surface area contributed by atoms with Crippen LogP contribution < -0.4 is 10.6 Å². The fourth-order valence-corrected chi connectivity index (χ4v) is 2.75. The first kappa shape index (κ1) is 15.5. The Kier molecular flexibility index (Phi) is 5.64. The highest BCUT2D eigenvalue weighted by molar-refractivity contribution is 5.81. The molecule has 1 atom stereocenters. The van der Waals surface area contributed by atoms with Crippen LogP contribution in [-0.2, 0) is 4.79 Å². The van der Waals surface area contributed by atoms with E-state index in [-0.39, 0.29) is 11.9 Å². The van der Waals surface area contributed by atoms with Gasteiger partial charge in [-0.15, -0.1) is 0 Å². The lowest BCUT2D eigenvalue weighted by atomic mass is 9.75. The van der Waals surface area contributed by atoms with Crippen LogP contribution >= 0.6 is 0 Å². The second-order valence-corrected chi connectivity index (χ2v) is 6.90. The van der Waals surface area contributed by atoms with Crippen molar-refractivity contribution in [2.75, 3.05) is 7.05 Å². The van der Waals surface area contributed by atoms with E-state index in [0.717, 1.165) is 6.42 Å². The molecule has 0 aliphatic heterocycles. The van der Waals surface area contributed by atoms with Gasteiger partial charge in [-0.25, -0.2) is 0 Å². The molecule has 1 aliphatic rings. The van der Waals surface area contributed by atoms with Crippen LogP contribution in [0.25, 0.3) is 0 Å². The number of hydrogen-bond acceptors (Lipinski definition) is 2. The summed E-state index contributed by atoms with van der Waals surface area (Å²) >= 11 is 0. The molecule has 2 N–H and O–H groups in total. The number of likely N-dealkylation sites (N-methyl/N-ethyl adjacent to an activating group) is 1. The zero-order valence-electron chi connectivity index (χ0n) is 12.7. The Morgan fingerprint density at radius 1 is 1.28 bits per heavy atom. The van der Waals surface area contributed by atoms with E-state index < -0.39 is 0 Å². The molecule has 0 saturated heterocycles. The van der Waals surface area contributed by atoms with E-state index in [4.69, 9.17) is 0 Å². The van der Waals surface area contributed by atoms with Crippen LogP contribution in [0.5, 0.6) is 0 Å². The van der Waals surface area contributed by atoms with E-state index in [1.165, 1.54) is 25.7 Å². The third-order valence-electron chi connectivity index (χ3n) is 4.05. The molecule has 0 aromatic rings. The predicted molar refractivity (Wildman–Crippen MR) is 76.5 cm³/mol. The summed E-state index contributed by atoms with van der Waals surface area (Å²) in [4.78, 5) is 11.9. The maximum absolute atomic E-state index is 11.9. The number of rotatable bonds is 5. The van der Waals surface area contributed by atoms with Crippen LogP contribution in [0.3, 0.4) is 0 Å². The number of carbonyl (C=O) groups is 1. The summed E-state index contributed by atoms with van der Waals surface area (Å²) in [6.45, 7) is 9.02. The van der Waals surface area contributed by atoms with Crippen molar-refractivity contribution in [3.63, 3.8) is 0 Å². The van der Waals surface area contributed by atoms with Gasteiger partial charge in [0.1, 0.15) is 0 Å². The normalized spacial score (nSPS) is 21.9. The van der Waals surface area contributed by atoms with E-state index in [1.54, 1.807) is 7.05 Å². The molecule has 0 bridgehead atoms. The van der Waals surface area contributed by atoms with Gasteiger partial charge in [-0.3, -0.25) is 4.79 Å². The minimum absolute atomic E-state index is 0.0267. The molecule has 1 amide bonds. The largest absolute Gasteiger partial charge is 0.358 e. The Morgan fingerprint density at radius 3 is 2.28 bits per heavy atom. The summed E-state index contributed by atoms with van der Waals surface area (Å²) in [5, 5.41) is 6.34. The monoisotopic (exact) mass is 254 g/mol.